The van der Waals surface area contributed by atoms with Crippen molar-refractivity contribution in [1.82, 2.24) is 10.2 Å². The Morgan fingerprint density at radius 1 is 1.20 bits per heavy atom. The molecular weight excluding hydrogens is 328 g/mol. The molecule has 2 fully saturated rings. The first-order valence-electron chi connectivity index (χ1n) is 8.92. The maximum Gasteiger partial charge on any atom is 0.246 e. The lowest BCUT2D eigenvalue weighted by Gasteiger charge is -2.35. The molecule has 0 radical (unpaired) electrons. The number of rotatable bonds is 6. The van der Waals surface area contributed by atoms with Gasteiger partial charge in [-0.15, -0.1) is 0 Å². The predicted octanol–water partition coefficient (Wildman–Crippen LogP) is -0.576. The van der Waals surface area contributed by atoms with Crippen LogP contribution >= 0.6 is 0 Å². The maximum atomic E-state index is 12.6. The Morgan fingerprint density at radius 2 is 1.92 bits per heavy atom. The van der Waals surface area contributed by atoms with Crippen LogP contribution in [0.2, 0.25) is 0 Å². The number of nitrogens with one attached hydrogen (secondary N) is 1. The zero-order valence-corrected chi connectivity index (χ0v) is 15.0. The van der Waals surface area contributed by atoms with Crippen LogP contribution in [0.1, 0.15) is 38.5 Å². The molecule has 2 amide bonds. The zero-order valence-electron chi connectivity index (χ0n) is 15.0. The van der Waals surface area contributed by atoms with Crippen molar-refractivity contribution in [3.05, 3.63) is 0 Å². The largest absolute Gasteiger partial charge is 0.389 e. The summed E-state index contributed by atoms with van der Waals surface area (Å²) in [5, 5.41) is 23.9. The second-order valence-corrected chi connectivity index (χ2v) is 7.26. The molecule has 0 aromatic carbocycles. The van der Waals surface area contributed by atoms with E-state index in [1.165, 1.54) is 12.0 Å². The summed E-state index contributed by atoms with van der Waals surface area (Å²) < 4.78 is 10.1. The van der Waals surface area contributed by atoms with Gasteiger partial charge in [0.05, 0.1) is 38.3 Å². The Labute approximate surface area is 148 Å². The SMILES string of the molecule is COCC(=O)NCC1(O)COCCN(C(=O)CC2(O)CCCCC2)C1. The number of methoxy groups -OCH3 is 1. The predicted molar refractivity (Wildman–Crippen MR) is 89.9 cm³/mol. The van der Waals surface area contributed by atoms with Gasteiger partial charge in [-0.2, -0.15) is 0 Å². The summed E-state index contributed by atoms with van der Waals surface area (Å²) in [4.78, 5) is 25.7. The van der Waals surface area contributed by atoms with Crippen LogP contribution in [-0.2, 0) is 19.1 Å². The lowest BCUT2D eigenvalue weighted by molar-refractivity contribution is -0.140. The van der Waals surface area contributed by atoms with Crippen molar-refractivity contribution < 1.29 is 29.3 Å². The number of amides is 2. The molecule has 0 spiro atoms. The van der Waals surface area contributed by atoms with Gasteiger partial charge < -0.3 is 29.9 Å². The number of carbonyl (C=O) groups excluding carboxylic acids is 2. The Hall–Kier alpha value is -1.22. The highest BCUT2D eigenvalue weighted by Crippen LogP contribution is 2.31. The fourth-order valence-electron chi connectivity index (χ4n) is 3.46. The van der Waals surface area contributed by atoms with Gasteiger partial charge in [-0.25, -0.2) is 0 Å². The van der Waals surface area contributed by atoms with E-state index in [1.807, 2.05) is 0 Å². The molecule has 1 saturated carbocycles. The van der Waals surface area contributed by atoms with Crippen LogP contribution < -0.4 is 5.32 Å². The molecule has 0 bridgehead atoms. The highest BCUT2D eigenvalue weighted by molar-refractivity contribution is 5.78. The number of aliphatic hydroxyl groups is 2. The number of ether oxygens (including phenoxy) is 2. The number of nitrogens with zero attached hydrogens (tertiary/aromatic N) is 1. The Balaban J connectivity index is 1.93. The summed E-state index contributed by atoms with van der Waals surface area (Å²) in [5.74, 6) is -0.522. The number of β-amino-alcohol motifs (C(OH)–C–C–N with tert-alkyl or cyclic N) is 1. The fraction of sp³-hybridized carbons (Fsp3) is 0.882. The first kappa shape index (κ1) is 20.1. The van der Waals surface area contributed by atoms with Crippen LogP contribution in [0.4, 0.5) is 0 Å². The number of carbonyl (C=O) groups is 2. The highest BCUT2D eigenvalue weighted by Gasteiger charge is 2.38. The summed E-state index contributed by atoms with van der Waals surface area (Å²) in [6.45, 7) is 0.668. The molecule has 25 heavy (non-hydrogen) atoms. The average Bonchev–Trinajstić information content (AvgIpc) is 2.76. The third-order valence-electron chi connectivity index (χ3n) is 4.87. The quantitative estimate of drug-likeness (QED) is 0.587. The van der Waals surface area contributed by atoms with Crippen molar-refractivity contribution in [3.8, 4) is 0 Å². The molecule has 8 nitrogen and oxygen atoms in total. The van der Waals surface area contributed by atoms with Crippen molar-refractivity contribution in [2.75, 3.05) is 46.6 Å². The number of hydrogen-bond donors (Lipinski definition) is 3. The second-order valence-electron chi connectivity index (χ2n) is 7.26. The standard InChI is InChI=1S/C17H30N2O6/c1-24-10-14(20)18-11-17(23)12-19(7-8-25-13-17)15(21)9-16(22)5-3-2-4-6-16/h22-23H,2-13H2,1H3,(H,18,20). The third-order valence-corrected chi connectivity index (χ3v) is 4.87. The van der Waals surface area contributed by atoms with Gasteiger partial charge in [0, 0.05) is 13.7 Å². The highest BCUT2D eigenvalue weighted by atomic mass is 16.5. The minimum atomic E-state index is -1.36. The first-order chi connectivity index (χ1) is 11.9. The van der Waals surface area contributed by atoms with Gasteiger partial charge in [0.25, 0.3) is 0 Å². The molecule has 0 aromatic rings. The molecule has 1 heterocycles. The zero-order chi connectivity index (χ0) is 18.3. The molecule has 2 aliphatic rings. The van der Waals surface area contributed by atoms with E-state index in [4.69, 9.17) is 9.47 Å². The van der Waals surface area contributed by atoms with Gasteiger partial charge >= 0.3 is 0 Å². The smallest absolute Gasteiger partial charge is 0.246 e. The van der Waals surface area contributed by atoms with Crippen LogP contribution in [0.3, 0.4) is 0 Å². The van der Waals surface area contributed by atoms with Crippen LogP contribution in [0.5, 0.6) is 0 Å². The van der Waals surface area contributed by atoms with Gasteiger partial charge in [-0.3, -0.25) is 9.59 Å². The summed E-state index contributed by atoms with van der Waals surface area (Å²) >= 11 is 0. The lowest BCUT2D eigenvalue weighted by Crippen LogP contribution is -2.54. The molecule has 1 atom stereocenters. The van der Waals surface area contributed by atoms with Crippen LogP contribution in [0, 0.1) is 0 Å². The molecule has 1 aliphatic heterocycles. The van der Waals surface area contributed by atoms with E-state index >= 15 is 0 Å². The summed E-state index contributed by atoms with van der Waals surface area (Å²) in [6, 6.07) is 0. The molecule has 0 aromatic heterocycles. The van der Waals surface area contributed by atoms with E-state index in [-0.39, 0.29) is 44.5 Å². The molecule has 1 unspecified atom stereocenters. The van der Waals surface area contributed by atoms with Crippen molar-refractivity contribution in [3.63, 3.8) is 0 Å². The lowest BCUT2D eigenvalue weighted by atomic mass is 9.82. The molecular formula is C17H30N2O6. The van der Waals surface area contributed by atoms with E-state index in [0.29, 0.717) is 26.0 Å². The molecule has 1 aliphatic carbocycles. The van der Waals surface area contributed by atoms with Crippen molar-refractivity contribution in [2.24, 2.45) is 0 Å². The minimum absolute atomic E-state index is 0.0246. The van der Waals surface area contributed by atoms with Crippen molar-refractivity contribution in [1.29, 1.82) is 0 Å². The summed E-state index contributed by atoms with van der Waals surface area (Å²) in [7, 11) is 1.42. The fourth-order valence-corrected chi connectivity index (χ4v) is 3.46. The molecule has 2 rings (SSSR count). The van der Waals surface area contributed by atoms with Crippen LogP contribution in [0.25, 0.3) is 0 Å². The molecule has 144 valence electrons. The van der Waals surface area contributed by atoms with Crippen LogP contribution in [0.15, 0.2) is 0 Å². The normalized spacial score (nSPS) is 26.8. The number of hydrogen-bond acceptors (Lipinski definition) is 6. The van der Waals surface area contributed by atoms with E-state index < -0.39 is 11.2 Å². The monoisotopic (exact) mass is 358 g/mol. The molecule has 3 N–H and O–H groups in total. The van der Waals surface area contributed by atoms with Crippen molar-refractivity contribution >= 4 is 11.8 Å². The summed E-state index contributed by atoms with van der Waals surface area (Å²) in [6.07, 6.45) is 4.31. The van der Waals surface area contributed by atoms with Gasteiger partial charge in [0.2, 0.25) is 11.8 Å². The van der Waals surface area contributed by atoms with Gasteiger partial charge in [0.15, 0.2) is 0 Å². The Morgan fingerprint density at radius 3 is 2.60 bits per heavy atom. The second kappa shape index (κ2) is 8.93. The minimum Gasteiger partial charge on any atom is -0.389 e. The first-order valence-corrected chi connectivity index (χ1v) is 8.92. The van der Waals surface area contributed by atoms with Crippen molar-refractivity contribution in [2.45, 2.75) is 49.7 Å². The average molecular weight is 358 g/mol. The van der Waals surface area contributed by atoms with E-state index in [1.54, 1.807) is 0 Å². The topological polar surface area (TPSA) is 108 Å². The Bertz CT molecular complexity index is 466. The summed E-state index contributed by atoms with van der Waals surface area (Å²) in [5.41, 5.74) is -2.29. The van der Waals surface area contributed by atoms with Gasteiger partial charge in [-0.05, 0) is 12.8 Å². The van der Waals surface area contributed by atoms with E-state index in [0.717, 1.165) is 19.3 Å². The molecule has 8 heteroatoms. The molecule has 1 saturated heterocycles. The van der Waals surface area contributed by atoms with E-state index in [9.17, 15) is 19.8 Å². The van der Waals surface area contributed by atoms with Gasteiger partial charge in [0.1, 0.15) is 12.2 Å². The Kier molecular flexibility index (Phi) is 7.18. The maximum absolute atomic E-state index is 12.6. The third kappa shape index (κ3) is 6.22. The van der Waals surface area contributed by atoms with Gasteiger partial charge in [-0.1, -0.05) is 19.3 Å². The van der Waals surface area contributed by atoms with E-state index in [2.05, 4.69) is 5.32 Å². The van der Waals surface area contributed by atoms with Crippen LogP contribution in [-0.4, -0.2) is 84.7 Å².